The van der Waals surface area contributed by atoms with Crippen LogP contribution in [0.4, 0.5) is 5.69 Å². The Balaban J connectivity index is 1.85. The monoisotopic (exact) mass is 368 g/mol. The van der Waals surface area contributed by atoms with Gasteiger partial charge in [0.1, 0.15) is 12.4 Å². The molecule has 0 unspecified atom stereocenters. The van der Waals surface area contributed by atoms with Gasteiger partial charge < -0.3 is 14.8 Å². The van der Waals surface area contributed by atoms with E-state index in [1.165, 1.54) is 18.7 Å². The van der Waals surface area contributed by atoms with Crippen LogP contribution >= 0.6 is 0 Å². The Morgan fingerprint density at radius 3 is 2.48 bits per heavy atom. The van der Waals surface area contributed by atoms with Crippen LogP contribution in [0.5, 0.6) is 11.5 Å². The van der Waals surface area contributed by atoms with Crippen LogP contribution in [0.15, 0.2) is 42.5 Å². The van der Waals surface area contributed by atoms with Crippen LogP contribution in [-0.4, -0.2) is 26.2 Å². The van der Waals surface area contributed by atoms with Gasteiger partial charge >= 0.3 is 5.69 Å². The predicted octanol–water partition coefficient (Wildman–Crippen LogP) is 4.68. The Kier molecular flexibility index (Phi) is 6.78. The summed E-state index contributed by atoms with van der Waals surface area (Å²) in [5, 5.41) is 11.7. The summed E-state index contributed by atoms with van der Waals surface area (Å²) < 4.78 is 10.7. The molecule has 0 saturated heterocycles. The Hall–Kier alpha value is -3.07. The molecule has 0 spiro atoms. The van der Waals surface area contributed by atoms with Crippen LogP contribution in [0.25, 0.3) is 4.98 Å². The highest BCUT2D eigenvalue weighted by Gasteiger charge is 2.19. The summed E-state index contributed by atoms with van der Waals surface area (Å²) in [6.07, 6.45) is 1.07. The third kappa shape index (κ3) is 5.20. The Morgan fingerprint density at radius 1 is 1.19 bits per heavy atom. The van der Waals surface area contributed by atoms with Crippen LogP contribution < -0.4 is 14.8 Å². The highest BCUT2D eigenvalue weighted by atomic mass is 16.5. The Bertz CT molecular complexity index is 824. The molecule has 0 fully saturated rings. The van der Waals surface area contributed by atoms with Gasteiger partial charge in [-0.25, -0.2) is 0 Å². The Morgan fingerprint density at radius 2 is 1.89 bits per heavy atom. The first-order chi connectivity index (χ1) is 12.9. The topological polar surface area (TPSA) is 75.7 Å². The van der Waals surface area contributed by atoms with Gasteiger partial charge in [0, 0.05) is 5.56 Å². The quantitative estimate of drug-likeness (QED) is 0.542. The van der Waals surface area contributed by atoms with E-state index in [0.29, 0.717) is 24.5 Å². The van der Waals surface area contributed by atoms with Gasteiger partial charge in [-0.3, -0.25) is 4.79 Å². The van der Waals surface area contributed by atoms with Crippen molar-refractivity contribution in [2.45, 2.75) is 32.6 Å². The minimum Gasteiger partial charge on any atom is -0.492 e. The molecular weight excluding hydrogens is 342 g/mol. The molecule has 2 aromatic rings. The standard InChI is InChI=1S/C21H25N3O3/c1-5-21(2,3)16-7-9-17(10-8-16)27-13-12-23-20(25)15-6-11-19(26-4)18(14-15)24-22/h6-11,14H,5,12-13H2,1-4H3/p+1. The molecule has 2 rings (SSSR count). The summed E-state index contributed by atoms with van der Waals surface area (Å²) in [5.74, 6) is 0.893. The van der Waals surface area contributed by atoms with Crippen molar-refractivity contribution in [1.82, 2.24) is 5.32 Å². The van der Waals surface area contributed by atoms with E-state index in [0.717, 1.165) is 12.2 Å². The molecule has 27 heavy (non-hydrogen) atoms. The van der Waals surface area contributed by atoms with E-state index >= 15 is 0 Å². The zero-order chi connectivity index (χ0) is 19.9. The van der Waals surface area contributed by atoms with Gasteiger partial charge in [0.2, 0.25) is 11.1 Å². The maximum absolute atomic E-state index is 12.2. The van der Waals surface area contributed by atoms with Crippen molar-refractivity contribution in [3.63, 3.8) is 0 Å². The number of nitrogens with zero attached hydrogens (tertiary/aromatic N) is 2. The number of methoxy groups -OCH3 is 1. The first kappa shape index (κ1) is 20.2. The number of hydrogen-bond donors (Lipinski definition) is 1. The van der Waals surface area contributed by atoms with Gasteiger partial charge in [0.25, 0.3) is 5.91 Å². The van der Waals surface area contributed by atoms with E-state index in [1.54, 1.807) is 12.1 Å². The highest BCUT2D eigenvalue weighted by Crippen LogP contribution is 2.29. The number of diazo groups is 1. The maximum atomic E-state index is 12.2. The first-order valence-electron chi connectivity index (χ1n) is 8.96. The average Bonchev–Trinajstić information content (AvgIpc) is 2.70. The predicted molar refractivity (Wildman–Crippen MR) is 105 cm³/mol. The van der Waals surface area contributed by atoms with Crippen LogP contribution in [0.3, 0.4) is 0 Å². The first-order valence-corrected chi connectivity index (χ1v) is 8.96. The van der Waals surface area contributed by atoms with E-state index in [4.69, 9.17) is 14.9 Å². The largest absolute Gasteiger partial charge is 0.492 e. The molecule has 6 nitrogen and oxygen atoms in total. The molecule has 0 heterocycles. The SMILES string of the molecule is CCC(C)(C)c1ccc(OCCNC(=O)c2ccc(OC)c([N+]#N)c2)cc1. The molecule has 0 aromatic heterocycles. The second-order valence-electron chi connectivity index (χ2n) is 6.85. The lowest BCUT2D eigenvalue weighted by molar-refractivity contribution is 0.0947. The van der Waals surface area contributed by atoms with E-state index in [1.807, 2.05) is 12.1 Å². The van der Waals surface area contributed by atoms with Crippen LogP contribution in [0, 0.1) is 5.39 Å². The lowest BCUT2D eigenvalue weighted by Gasteiger charge is -2.23. The fourth-order valence-electron chi connectivity index (χ4n) is 2.55. The van der Waals surface area contributed by atoms with Crippen molar-refractivity contribution in [3.8, 4) is 11.5 Å². The number of carbonyl (C=O) groups is 1. The second kappa shape index (κ2) is 9.04. The second-order valence-corrected chi connectivity index (χ2v) is 6.85. The summed E-state index contributed by atoms with van der Waals surface area (Å²) in [6.45, 7) is 7.32. The molecule has 1 N–H and O–H groups in total. The molecule has 2 aromatic carbocycles. The van der Waals surface area contributed by atoms with E-state index in [9.17, 15) is 4.79 Å². The summed E-state index contributed by atoms with van der Waals surface area (Å²) >= 11 is 0. The number of ether oxygens (including phenoxy) is 2. The van der Waals surface area contributed by atoms with E-state index in [2.05, 4.69) is 43.2 Å². The Labute approximate surface area is 160 Å². The molecule has 0 aliphatic carbocycles. The zero-order valence-electron chi connectivity index (χ0n) is 16.3. The number of rotatable bonds is 8. The smallest absolute Gasteiger partial charge is 0.427 e. The summed E-state index contributed by atoms with van der Waals surface area (Å²) in [5.41, 5.74) is 2.01. The van der Waals surface area contributed by atoms with Crippen molar-refractivity contribution in [2.24, 2.45) is 0 Å². The van der Waals surface area contributed by atoms with Crippen molar-refractivity contribution in [1.29, 1.82) is 5.39 Å². The van der Waals surface area contributed by atoms with Gasteiger partial charge in [-0.15, -0.1) is 0 Å². The van der Waals surface area contributed by atoms with Gasteiger partial charge in [-0.2, -0.15) is 0 Å². The van der Waals surface area contributed by atoms with E-state index in [-0.39, 0.29) is 17.0 Å². The average molecular weight is 368 g/mol. The normalized spacial score (nSPS) is 10.8. The van der Waals surface area contributed by atoms with Gasteiger partial charge in [0.05, 0.1) is 19.7 Å². The van der Waals surface area contributed by atoms with Gasteiger partial charge in [-0.1, -0.05) is 32.9 Å². The zero-order valence-corrected chi connectivity index (χ0v) is 16.3. The molecule has 0 radical (unpaired) electrons. The minimum absolute atomic E-state index is 0.143. The number of nitrogens with one attached hydrogen (secondary N) is 1. The van der Waals surface area contributed by atoms with Crippen molar-refractivity contribution in [2.75, 3.05) is 20.3 Å². The summed E-state index contributed by atoms with van der Waals surface area (Å²) in [7, 11) is 1.47. The van der Waals surface area contributed by atoms with Crippen molar-refractivity contribution < 1.29 is 14.3 Å². The molecule has 142 valence electrons. The summed E-state index contributed by atoms with van der Waals surface area (Å²) in [4.78, 5) is 15.3. The third-order valence-electron chi connectivity index (χ3n) is 4.72. The van der Waals surface area contributed by atoms with Crippen LogP contribution in [0.1, 0.15) is 43.1 Å². The van der Waals surface area contributed by atoms with Crippen molar-refractivity contribution in [3.05, 3.63) is 58.6 Å². The molecule has 1 amide bonds. The fourth-order valence-corrected chi connectivity index (χ4v) is 2.55. The maximum Gasteiger partial charge on any atom is 0.427 e. The lowest BCUT2D eigenvalue weighted by Crippen LogP contribution is -2.28. The minimum atomic E-state index is -0.272. The number of amides is 1. The van der Waals surface area contributed by atoms with Crippen LogP contribution in [-0.2, 0) is 5.41 Å². The third-order valence-corrected chi connectivity index (χ3v) is 4.72. The molecule has 0 bridgehead atoms. The fraction of sp³-hybridized carbons (Fsp3) is 0.381. The number of carbonyl (C=O) groups excluding carboxylic acids is 1. The van der Waals surface area contributed by atoms with E-state index < -0.39 is 0 Å². The molecule has 6 heteroatoms. The molecular formula is C21H26N3O3+. The molecule has 0 saturated carbocycles. The van der Waals surface area contributed by atoms with Crippen LogP contribution in [0.2, 0.25) is 0 Å². The van der Waals surface area contributed by atoms with Crippen molar-refractivity contribution >= 4 is 11.6 Å². The highest BCUT2D eigenvalue weighted by molar-refractivity contribution is 5.95. The molecule has 0 aliphatic rings. The number of benzene rings is 2. The summed E-state index contributed by atoms with van der Waals surface area (Å²) in [6, 6.07) is 12.7. The molecule has 0 atom stereocenters. The van der Waals surface area contributed by atoms with Gasteiger partial charge in [0.15, 0.2) is 4.98 Å². The van der Waals surface area contributed by atoms with Gasteiger partial charge in [-0.05, 0) is 41.7 Å². The lowest BCUT2D eigenvalue weighted by atomic mass is 9.82. The number of hydrogen-bond acceptors (Lipinski definition) is 4. The molecule has 0 aliphatic heterocycles.